The summed E-state index contributed by atoms with van der Waals surface area (Å²) in [6.07, 6.45) is 0.516. The molecule has 5 heteroatoms. The minimum atomic E-state index is -2.53. The van der Waals surface area contributed by atoms with Gasteiger partial charge in [-0.05, 0) is 0 Å². The standard InChI is InChI=1S/C7H12F2N2O/c8-7(9)1-3-11(5-7)4-2-10-6-12/h6H,1-5H2,(H,10,12). The van der Waals surface area contributed by atoms with Crippen LogP contribution in [0.4, 0.5) is 8.78 Å². The summed E-state index contributed by atoms with van der Waals surface area (Å²) in [5.41, 5.74) is 0. The number of hydrogen-bond acceptors (Lipinski definition) is 2. The molecule has 0 saturated carbocycles. The van der Waals surface area contributed by atoms with Crippen molar-refractivity contribution in [3.63, 3.8) is 0 Å². The van der Waals surface area contributed by atoms with Crippen LogP contribution >= 0.6 is 0 Å². The van der Waals surface area contributed by atoms with Crippen molar-refractivity contribution in [2.75, 3.05) is 26.2 Å². The first-order chi connectivity index (χ1) is 5.64. The van der Waals surface area contributed by atoms with Crippen LogP contribution in [0.5, 0.6) is 0 Å². The summed E-state index contributed by atoms with van der Waals surface area (Å²) < 4.78 is 25.1. The number of alkyl halides is 2. The van der Waals surface area contributed by atoms with Gasteiger partial charge in [0.2, 0.25) is 6.41 Å². The Morgan fingerprint density at radius 3 is 2.83 bits per heavy atom. The van der Waals surface area contributed by atoms with Gasteiger partial charge in [-0.2, -0.15) is 0 Å². The largest absolute Gasteiger partial charge is 0.357 e. The van der Waals surface area contributed by atoms with E-state index in [1.54, 1.807) is 4.90 Å². The van der Waals surface area contributed by atoms with E-state index in [0.717, 1.165) is 0 Å². The van der Waals surface area contributed by atoms with E-state index in [0.29, 0.717) is 26.0 Å². The van der Waals surface area contributed by atoms with Crippen molar-refractivity contribution in [1.82, 2.24) is 10.2 Å². The summed E-state index contributed by atoms with van der Waals surface area (Å²) in [5.74, 6) is -2.53. The summed E-state index contributed by atoms with van der Waals surface area (Å²) >= 11 is 0. The fourth-order valence-electron chi connectivity index (χ4n) is 1.28. The molecule has 1 N–H and O–H groups in total. The van der Waals surface area contributed by atoms with Gasteiger partial charge >= 0.3 is 0 Å². The summed E-state index contributed by atoms with van der Waals surface area (Å²) in [6, 6.07) is 0. The molecule has 1 amide bonds. The molecular formula is C7H12F2N2O. The molecular weight excluding hydrogens is 166 g/mol. The Balaban J connectivity index is 2.15. The maximum Gasteiger partial charge on any atom is 0.261 e. The quantitative estimate of drug-likeness (QED) is 0.488. The second kappa shape index (κ2) is 3.80. The molecule has 0 unspecified atom stereocenters. The molecule has 0 aromatic rings. The zero-order valence-electron chi connectivity index (χ0n) is 6.72. The molecule has 0 aromatic carbocycles. The smallest absolute Gasteiger partial charge is 0.261 e. The van der Waals surface area contributed by atoms with Crippen molar-refractivity contribution in [2.45, 2.75) is 12.3 Å². The number of rotatable bonds is 4. The van der Waals surface area contributed by atoms with Crippen LogP contribution in [-0.4, -0.2) is 43.4 Å². The molecule has 0 aromatic heterocycles. The lowest BCUT2D eigenvalue weighted by Gasteiger charge is -2.14. The molecule has 1 rings (SSSR count). The van der Waals surface area contributed by atoms with E-state index in [1.165, 1.54) is 0 Å². The lowest BCUT2D eigenvalue weighted by Crippen LogP contribution is -2.31. The fraction of sp³-hybridized carbons (Fsp3) is 0.857. The molecule has 0 aliphatic carbocycles. The van der Waals surface area contributed by atoms with E-state index >= 15 is 0 Å². The van der Waals surface area contributed by atoms with Crippen LogP contribution in [-0.2, 0) is 4.79 Å². The Hall–Kier alpha value is -0.710. The molecule has 1 fully saturated rings. The highest BCUT2D eigenvalue weighted by molar-refractivity contribution is 5.45. The van der Waals surface area contributed by atoms with Crippen LogP contribution in [0.25, 0.3) is 0 Å². The highest BCUT2D eigenvalue weighted by atomic mass is 19.3. The number of halogens is 2. The third-order valence-electron chi connectivity index (χ3n) is 1.90. The molecule has 0 bridgehead atoms. The molecule has 12 heavy (non-hydrogen) atoms. The van der Waals surface area contributed by atoms with E-state index in [1.807, 2.05) is 0 Å². The van der Waals surface area contributed by atoms with Gasteiger partial charge in [-0.25, -0.2) is 8.78 Å². The molecule has 1 aliphatic rings. The summed E-state index contributed by atoms with van der Waals surface area (Å²) in [5, 5.41) is 2.44. The Morgan fingerprint density at radius 1 is 1.58 bits per heavy atom. The molecule has 1 heterocycles. The van der Waals surface area contributed by atoms with Crippen molar-refractivity contribution in [1.29, 1.82) is 0 Å². The first-order valence-electron chi connectivity index (χ1n) is 3.91. The van der Waals surface area contributed by atoms with E-state index in [9.17, 15) is 13.6 Å². The Labute approximate surface area is 69.7 Å². The topological polar surface area (TPSA) is 32.3 Å². The van der Waals surface area contributed by atoms with Gasteiger partial charge in [-0.15, -0.1) is 0 Å². The van der Waals surface area contributed by atoms with E-state index < -0.39 is 5.92 Å². The Morgan fingerprint density at radius 2 is 2.33 bits per heavy atom. The van der Waals surface area contributed by atoms with Crippen LogP contribution in [0.1, 0.15) is 6.42 Å². The van der Waals surface area contributed by atoms with Crippen LogP contribution in [0, 0.1) is 0 Å². The van der Waals surface area contributed by atoms with Gasteiger partial charge in [0.15, 0.2) is 0 Å². The predicted molar refractivity (Wildman–Crippen MR) is 40.1 cm³/mol. The minimum Gasteiger partial charge on any atom is -0.357 e. The maximum atomic E-state index is 12.6. The van der Waals surface area contributed by atoms with Gasteiger partial charge in [0.05, 0.1) is 6.54 Å². The molecule has 70 valence electrons. The van der Waals surface area contributed by atoms with Crippen molar-refractivity contribution in [3.05, 3.63) is 0 Å². The SMILES string of the molecule is O=CNCCN1CCC(F)(F)C1. The zero-order valence-corrected chi connectivity index (χ0v) is 6.72. The van der Waals surface area contributed by atoms with Crippen molar-refractivity contribution >= 4 is 6.41 Å². The van der Waals surface area contributed by atoms with Crippen LogP contribution in [0.2, 0.25) is 0 Å². The third kappa shape index (κ3) is 2.73. The number of carbonyl (C=O) groups excluding carboxylic acids is 1. The number of nitrogens with zero attached hydrogens (tertiary/aromatic N) is 1. The maximum absolute atomic E-state index is 12.6. The molecule has 0 radical (unpaired) electrons. The lowest BCUT2D eigenvalue weighted by atomic mass is 10.3. The van der Waals surface area contributed by atoms with Gasteiger partial charge in [0.1, 0.15) is 0 Å². The fourth-order valence-corrected chi connectivity index (χ4v) is 1.28. The molecule has 3 nitrogen and oxygen atoms in total. The predicted octanol–water partition coefficient (Wildman–Crippen LogP) is 0.0734. The highest BCUT2D eigenvalue weighted by Crippen LogP contribution is 2.25. The number of nitrogens with one attached hydrogen (secondary N) is 1. The molecule has 1 saturated heterocycles. The average Bonchev–Trinajstić information content (AvgIpc) is 2.31. The zero-order chi connectivity index (χ0) is 9.03. The number of likely N-dealkylation sites (tertiary alicyclic amines) is 1. The molecule has 0 spiro atoms. The van der Waals surface area contributed by atoms with Gasteiger partial charge in [-0.1, -0.05) is 0 Å². The first kappa shape index (κ1) is 9.38. The van der Waals surface area contributed by atoms with Crippen LogP contribution in [0.3, 0.4) is 0 Å². The molecule has 0 atom stereocenters. The lowest BCUT2D eigenvalue weighted by molar-refractivity contribution is -0.109. The second-order valence-corrected chi connectivity index (χ2v) is 2.95. The van der Waals surface area contributed by atoms with Crippen LogP contribution in [0.15, 0.2) is 0 Å². The van der Waals surface area contributed by atoms with Crippen molar-refractivity contribution < 1.29 is 13.6 Å². The van der Waals surface area contributed by atoms with Gasteiger partial charge in [-0.3, -0.25) is 9.69 Å². The van der Waals surface area contributed by atoms with E-state index in [4.69, 9.17) is 0 Å². The normalized spacial score (nSPS) is 22.5. The summed E-state index contributed by atoms with van der Waals surface area (Å²) in [6.45, 7) is 1.20. The third-order valence-corrected chi connectivity index (χ3v) is 1.90. The monoisotopic (exact) mass is 178 g/mol. The highest BCUT2D eigenvalue weighted by Gasteiger charge is 2.37. The Bertz CT molecular complexity index is 163. The number of hydrogen-bond donors (Lipinski definition) is 1. The average molecular weight is 178 g/mol. The van der Waals surface area contributed by atoms with Crippen LogP contribution < -0.4 is 5.32 Å². The van der Waals surface area contributed by atoms with E-state index in [2.05, 4.69) is 5.32 Å². The van der Waals surface area contributed by atoms with Gasteiger partial charge in [0, 0.05) is 26.1 Å². The van der Waals surface area contributed by atoms with Gasteiger partial charge < -0.3 is 5.32 Å². The number of amides is 1. The van der Waals surface area contributed by atoms with Crippen molar-refractivity contribution in [3.8, 4) is 0 Å². The van der Waals surface area contributed by atoms with Crippen molar-refractivity contribution in [2.24, 2.45) is 0 Å². The summed E-state index contributed by atoms with van der Waals surface area (Å²) in [4.78, 5) is 11.5. The second-order valence-electron chi connectivity index (χ2n) is 2.95. The molecule has 1 aliphatic heterocycles. The van der Waals surface area contributed by atoms with E-state index in [-0.39, 0.29) is 13.0 Å². The summed E-state index contributed by atoms with van der Waals surface area (Å²) in [7, 11) is 0. The first-order valence-corrected chi connectivity index (χ1v) is 3.91. The number of carbonyl (C=O) groups is 1. The van der Waals surface area contributed by atoms with Gasteiger partial charge in [0.25, 0.3) is 5.92 Å². The minimum absolute atomic E-state index is 0.0614. The Kier molecular flexibility index (Phi) is 2.97.